The van der Waals surface area contributed by atoms with Crippen LogP contribution in [0.4, 0.5) is 0 Å². The van der Waals surface area contributed by atoms with Gasteiger partial charge < -0.3 is 10.1 Å². The van der Waals surface area contributed by atoms with Gasteiger partial charge >= 0.3 is 0 Å². The van der Waals surface area contributed by atoms with E-state index < -0.39 is 0 Å². The molecule has 2 saturated carbocycles. The summed E-state index contributed by atoms with van der Waals surface area (Å²) in [5.41, 5.74) is 0.179. The van der Waals surface area contributed by atoms with E-state index in [-0.39, 0.29) is 5.60 Å². The molecule has 0 aromatic heterocycles. The van der Waals surface area contributed by atoms with Crippen molar-refractivity contribution >= 4 is 0 Å². The Morgan fingerprint density at radius 2 is 1.88 bits per heavy atom. The van der Waals surface area contributed by atoms with Crippen molar-refractivity contribution in [3.63, 3.8) is 0 Å². The van der Waals surface area contributed by atoms with Crippen LogP contribution in [0.2, 0.25) is 0 Å². The molecule has 0 aromatic carbocycles. The van der Waals surface area contributed by atoms with Crippen molar-refractivity contribution in [2.24, 2.45) is 5.92 Å². The molecule has 16 heavy (non-hydrogen) atoms. The monoisotopic (exact) mass is 225 g/mol. The summed E-state index contributed by atoms with van der Waals surface area (Å²) in [6.07, 6.45) is 11.0. The molecule has 0 amide bonds. The molecule has 2 aliphatic rings. The Hall–Kier alpha value is -0.0800. The van der Waals surface area contributed by atoms with E-state index in [0.29, 0.717) is 6.04 Å². The third kappa shape index (κ3) is 2.28. The van der Waals surface area contributed by atoms with Crippen molar-refractivity contribution in [1.82, 2.24) is 5.32 Å². The van der Waals surface area contributed by atoms with E-state index in [0.717, 1.165) is 12.5 Å². The Kier molecular flexibility index (Phi) is 4.26. The van der Waals surface area contributed by atoms with Gasteiger partial charge in [0, 0.05) is 13.2 Å². The summed E-state index contributed by atoms with van der Waals surface area (Å²) >= 11 is 0. The van der Waals surface area contributed by atoms with Crippen LogP contribution in [0.1, 0.15) is 58.3 Å². The van der Waals surface area contributed by atoms with Crippen molar-refractivity contribution < 1.29 is 4.74 Å². The fourth-order valence-corrected chi connectivity index (χ4v) is 3.64. The highest BCUT2D eigenvalue weighted by molar-refractivity contribution is 5.02. The second-order valence-corrected chi connectivity index (χ2v) is 5.56. The summed E-state index contributed by atoms with van der Waals surface area (Å²) in [7, 11) is 1.91. The van der Waals surface area contributed by atoms with Gasteiger partial charge in [0.2, 0.25) is 0 Å². The minimum Gasteiger partial charge on any atom is -0.377 e. The minimum absolute atomic E-state index is 0.179. The average molecular weight is 225 g/mol. The highest BCUT2D eigenvalue weighted by atomic mass is 16.5. The largest absolute Gasteiger partial charge is 0.377 e. The number of hydrogen-bond acceptors (Lipinski definition) is 2. The van der Waals surface area contributed by atoms with Crippen molar-refractivity contribution in [3.05, 3.63) is 0 Å². The smallest absolute Gasteiger partial charge is 0.0833 e. The summed E-state index contributed by atoms with van der Waals surface area (Å²) < 4.78 is 5.88. The Labute approximate surface area is 100 Å². The van der Waals surface area contributed by atoms with E-state index in [9.17, 15) is 0 Å². The van der Waals surface area contributed by atoms with E-state index >= 15 is 0 Å². The molecule has 0 bridgehead atoms. The van der Waals surface area contributed by atoms with Crippen LogP contribution in [0.15, 0.2) is 0 Å². The highest BCUT2D eigenvalue weighted by Gasteiger charge is 2.47. The van der Waals surface area contributed by atoms with E-state index in [2.05, 4.69) is 12.2 Å². The van der Waals surface area contributed by atoms with Crippen LogP contribution in [0.5, 0.6) is 0 Å². The predicted octanol–water partition coefficient (Wildman–Crippen LogP) is 3.11. The summed E-state index contributed by atoms with van der Waals surface area (Å²) in [5, 5.41) is 3.72. The first-order valence-electron chi connectivity index (χ1n) is 7.11. The summed E-state index contributed by atoms with van der Waals surface area (Å²) in [6, 6.07) is 0.608. The van der Waals surface area contributed by atoms with Crippen LogP contribution in [0.25, 0.3) is 0 Å². The van der Waals surface area contributed by atoms with Crippen LogP contribution < -0.4 is 5.32 Å². The average Bonchev–Trinajstić information content (AvgIpc) is 2.28. The zero-order valence-electron chi connectivity index (χ0n) is 10.9. The minimum atomic E-state index is 0.179. The van der Waals surface area contributed by atoms with E-state index in [1.807, 2.05) is 7.11 Å². The van der Waals surface area contributed by atoms with E-state index in [4.69, 9.17) is 4.74 Å². The van der Waals surface area contributed by atoms with Gasteiger partial charge in [-0.1, -0.05) is 26.2 Å². The Bertz CT molecular complexity index is 201. The summed E-state index contributed by atoms with van der Waals surface area (Å²) in [4.78, 5) is 0. The van der Waals surface area contributed by atoms with Gasteiger partial charge in [-0.3, -0.25) is 0 Å². The van der Waals surface area contributed by atoms with Crippen LogP contribution in [-0.2, 0) is 4.74 Å². The quantitative estimate of drug-likeness (QED) is 0.776. The molecule has 2 rings (SSSR count). The maximum atomic E-state index is 5.88. The van der Waals surface area contributed by atoms with Gasteiger partial charge in [-0.05, 0) is 44.6 Å². The van der Waals surface area contributed by atoms with Gasteiger partial charge in [0.05, 0.1) is 5.60 Å². The topological polar surface area (TPSA) is 21.3 Å². The Morgan fingerprint density at radius 1 is 1.19 bits per heavy atom. The predicted molar refractivity (Wildman–Crippen MR) is 67.6 cm³/mol. The second kappa shape index (κ2) is 5.50. The third-order valence-electron chi connectivity index (χ3n) is 4.72. The van der Waals surface area contributed by atoms with Gasteiger partial charge in [-0.25, -0.2) is 0 Å². The van der Waals surface area contributed by atoms with Crippen LogP contribution >= 0.6 is 0 Å². The molecule has 2 heteroatoms. The summed E-state index contributed by atoms with van der Waals surface area (Å²) in [5.74, 6) is 0.856. The molecular formula is C14H27NO. The zero-order valence-corrected chi connectivity index (χ0v) is 10.9. The second-order valence-electron chi connectivity index (χ2n) is 5.56. The van der Waals surface area contributed by atoms with Crippen LogP contribution in [0.3, 0.4) is 0 Å². The lowest BCUT2D eigenvalue weighted by molar-refractivity contribution is -0.114. The number of hydrogen-bond donors (Lipinski definition) is 1. The van der Waals surface area contributed by atoms with Gasteiger partial charge in [0.15, 0.2) is 0 Å². The molecule has 1 atom stereocenters. The maximum absolute atomic E-state index is 5.88. The molecule has 0 aliphatic heterocycles. The number of ether oxygens (including phenoxy) is 1. The number of likely N-dealkylation sites (N-methyl/N-ethyl adjacent to an activating group) is 1. The first kappa shape index (κ1) is 12.4. The molecule has 0 aromatic rings. The summed E-state index contributed by atoms with van der Waals surface area (Å²) in [6.45, 7) is 3.30. The number of methoxy groups -OCH3 is 1. The normalized spacial score (nSPS) is 27.4. The van der Waals surface area contributed by atoms with Crippen molar-refractivity contribution in [2.45, 2.75) is 69.9 Å². The molecule has 2 nitrogen and oxygen atoms in total. The molecule has 0 heterocycles. The zero-order chi connectivity index (χ0) is 11.4. The van der Waals surface area contributed by atoms with Crippen molar-refractivity contribution in [2.75, 3.05) is 13.7 Å². The van der Waals surface area contributed by atoms with Gasteiger partial charge in [0.1, 0.15) is 0 Å². The molecule has 2 fully saturated rings. The first-order chi connectivity index (χ1) is 7.82. The molecule has 94 valence electrons. The Morgan fingerprint density at radius 3 is 2.31 bits per heavy atom. The molecule has 1 N–H and O–H groups in total. The maximum Gasteiger partial charge on any atom is 0.0833 e. The number of rotatable bonds is 5. The van der Waals surface area contributed by atoms with Crippen molar-refractivity contribution in [1.29, 1.82) is 0 Å². The fraction of sp³-hybridized carbons (Fsp3) is 1.00. The molecule has 2 aliphatic carbocycles. The van der Waals surface area contributed by atoms with Gasteiger partial charge in [-0.15, -0.1) is 0 Å². The lowest BCUT2D eigenvalue weighted by atomic mass is 9.67. The molecule has 0 saturated heterocycles. The highest BCUT2D eigenvalue weighted by Crippen LogP contribution is 2.43. The molecular weight excluding hydrogens is 198 g/mol. The lowest BCUT2D eigenvalue weighted by Gasteiger charge is -2.50. The van der Waals surface area contributed by atoms with Crippen LogP contribution in [-0.4, -0.2) is 25.3 Å². The van der Waals surface area contributed by atoms with Gasteiger partial charge in [0.25, 0.3) is 0 Å². The van der Waals surface area contributed by atoms with E-state index in [1.54, 1.807) is 0 Å². The molecule has 1 unspecified atom stereocenters. The van der Waals surface area contributed by atoms with Crippen LogP contribution in [0, 0.1) is 5.92 Å². The fourth-order valence-electron chi connectivity index (χ4n) is 3.64. The van der Waals surface area contributed by atoms with Gasteiger partial charge in [-0.2, -0.15) is 0 Å². The SMILES string of the molecule is CCNC(C1CCCCC1)C1(OC)CCC1. The van der Waals surface area contributed by atoms with Crippen molar-refractivity contribution in [3.8, 4) is 0 Å². The number of nitrogens with one attached hydrogen (secondary N) is 1. The molecule has 0 radical (unpaired) electrons. The third-order valence-corrected chi connectivity index (χ3v) is 4.72. The van der Waals surface area contributed by atoms with E-state index in [1.165, 1.54) is 51.4 Å². The molecule has 0 spiro atoms. The lowest BCUT2D eigenvalue weighted by Crippen LogP contribution is -2.59. The first-order valence-corrected chi connectivity index (χ1v) is 7.11. The standard InChI is InChI=1S/C14H27NO/c1-3-15-13(12-8-5-4-6-9-12)14(16-2)10-7-11-14/h12-13,15H,3-11H2,1-2H3. The Balaban J connectivity index is 2.02.